The first-order chi connectivity index (χ1) is 15.2. The molecule has 0 aliphatic heterocycles. The van der Waals surface area contributed by atoms with Gasteiger partial charge < -0.3 is 14.3 Å². The van der Waals surface area contributed by atoms with Gasteiger partial charge in [0.2, 0.25) is 0 Å². The van der Waals surface area contributed by atoms with E-state index in [9.17, 15) is 9.18 Å². The largest absolute Gasteiger partial charge is 0.469 e. The minimum absolute atomic E-state index is 0.0397. The maximum Gasteiger partial charge on any atom is 0.308 e. The van der Waals surface area contributed by atoms with Crippen LogP contribution in [-0.2, 0) is 9.53 Å². The van der Waals surface area contributed by atoms with Crippen LogP contribution in [0.25, 0.3) is 33.5 Å². The molecule has 1 aromatic carbocycles. The number of pyridine rings is 1. The lowest BCUT2D eigenvalue weighted by atomic mass is 9.85. The highest BCUT2D eigenvalue weighted by Crippen LogP contribution is 2.40. The normalized spacial score (nSPS) is 18.9. The van der Waals surface area contributed by atoms with E-state index in [2.05, 4.69) is 14.5 Å². The Labute approximate surface area is 179 Å². The molecule has 3 heterocycles. The van der Waals surface area contributed by atoms with Crippen LogP contribution in [-0.4, -0.2) is 32.6 Å². The molecule has 5 rings (SSSR count). The van der Waals surface area contributed by atoms with Crippen molar-refractivity contribution in [3.8, 4) is 22.5 Å². The van der Waals surface area contributed by atoms with Gasteiger partial charge in [-0.05, 0) is 62.1 Å². The van der Waals surface area contributed by atoms with E-state index in [1.807, 2.05) is 24.7 Å². The monoisotopic (exact) mass is 418 g/mol. The number of carbonyl (C=O) groups excluding carboxylic acids is 1. The van der Waals surface area contributed by atoms with Gasteiger partial charge in [0.05, 0.1) is 30.7 Å². The number of nitrogens with one attached hydrogen (secondary N) is 1. The SMILES string of the molecule is COC(=O)C1CCC(n2cnc(-c3ccc(F)cc3)c2-c2ccnc3[nH]ccc23)CC1. The third-order valence-electron chi connectivity index (χ3n) is 6.25. The quantitative estimate of drug-likeness (QED) is 0.466. The van der Waals surface area contributed by atoms with Crippen molar-refractivity contribution in [1.82, 2.24) is 19.5 Å². The van der Waals surface area contributed by atoms with Gasteiger partial charge in [-0.3, -0.25) is 4.79 Å². The average Bonchev–Trinajstić information content (AvgIpc) is 3.46. The van der Waals surface area contributed by atoms with Crippen molar-refractivity contribution >= 4 is 17.0 Å². The van der Waals surface area contributed by atoms with Crippen LogP contribution in [0, 0.1) is 11.7 Å². The number of aromatic amines is 1. The summed E-state index contributed by atoms with van der Waals surface area (Å²) in [6.07, 6.45) is 8.85. The average molecular weight is 418 g/mol. The number of methoxy groups -OCH3 is 1. The van der Waals surface area contributed by atoms with Crippen molar-refractivity contribution < 1.29 is 13.9 Å². The summed E-state index contributed by atoms with van der Waals surface area (Å²) < 4.78 is 20.7. The summed E-state index contributed by atoms with van der Waals surface area (Å²) in [6, 6.07) is 10.7. The number of rotatable bonds is 4. The number of imidazole rings is 1. The summed E-state index contributed by atoms with van der Waals surface area (Å²) in [5.41, 5.74) is 4.49. The van der Waals surface area contributed by atoms with Crippen LogP contribution in [0.1, 0.15) is 31.7 Å². The molecule has 0 atom stereocenters. The number of carbonyl (C=O) groups is 1. The second-order valence-corrected chi connectivity index (χ2v) is 7.98. The number of aromatic nitrogens is 4. The Bertz CT molecular complexity index is 1220. The molecule has 0 saturated heterocycles. The van der Waals surface area contributed by atoms with Gasteiger partial charge in [-0.2, -0.15) is 0 Å². The number of esters is 1. The van der Waals surface area contributed by atoms with Gasteiger partial charge in [0.15, 0.2) is 0 Å². The van der Waals surface area contributed by atoms with E-state index in [1.54, 1.807) is 18.3 Å². The second kappa shape index (κ2) is 7.98. The molecule has 3 aromatic heterocycles. The Morgan fingerprint density at radius 1 is 1.10 bits per heavy atom. The Hall–Kier alpha value is -3.48. The molecule has 6 nitrogen and oxygen atoms in total. The van der Waals surface area contributed by atoms with E-state index in [4.69, 9.17) is 9.72 Å². The molecular weight excluding hydrogens is 395 g/mol. The molecule has 0 bridgehead atoms. The highest BCUT2D eigenvalue weighted by atomic mass is 19.1. The summed E-state index contributed by atoms with van der Waals surface area (Å²) in [7, 11) is 1.45. The Morgan fingerprint density at radius 2 is 1.87 bits per heavy atom. The van der Waals surface area contributed by atoms with E-state index in [0.717, 1.165) is 59.2 Å². The predicted octanol–water partition coefficient (Wildman–Crippen LogP) is 5.14. The van der Waals surface area contributed by atoms with Gasteiger partial charge in [-0.25, -0.2) is 14.4 Å². The number of benzene rings is 1. The summed E-state index contributed by atoms with van der Waals surface area (Å²) in [5, 5.41) is 1.01. The lowest BCUT2D eigenvalue weighted by Crippen LogP contribution is -2.24. The van der Waals surface area contributed by atoms with Crippen LogP contribution in [0.3, 0.4) is 0 Å². The van der Waals surface area contributed by atoms with Crippen molar-refractivity contribution in [2.45, 2.75) is 31.7 Å². The van der Waals surface area contributed by atoms with Crippen molar-refractivity contribution in [3.05, 3.63) is 60.9 Å². The summed E-state index contributed by atoms with van der Waals surface area (Å²) in [5.74, 6) is -0.440. The van der Waals surface area contributed by atoms with E-state index in [-0.39, 0.29) is 23.7 Å². The maximum atomic E-state index is 13.5. The van der Waals surface area contributed by atoms with E-state index in [0.29, 0.717) is 0 Å². The molecule has 1 fully saturated rings. The molecule has 0 unspecified atom stereocenters. The number of fused-ring (bicyclic) bond motifs is 1. The molecular formula is C24H23FN4O2. The zero-order chi connectivity index (χ0) is 21.4. The van der Waals surface area contributed by atoms with Gasteiger partial charge in [0, 0.05) is 34.9 Å². The summed E-state index contributed by atoms with van der Waals surface area (Å²) in [6.45, 7) is 0. The molecule has 7 heteroatoms. The van der Waals surface area contributed by atoms with Crippen LogP contribution in [0.15, 0.2) is 55.1 Å². The lowest BCUT2D eigenvalue weighted by molar-refractivity contribution is -0.146. The topological polar surface area (TPSA) is 72.8 Å². The first-order valence-electron chi connectivity index (χ1n) is 10.5. The van der Waals surface area contributed by atoms with E-state index in [1.165, 1.54) is 19.2 Å². The fourth-order valence-corrected chi connectivity index (χ4v) is 4.65. The summed E-state index contributed by atoms with van der Waals surface area (Å²) in [4.78, 5) is 24.3. The Balaban J connectivity index is 1.60. The standard InChI is InChI=1S/C24H23FN4O2/c1-31-24(30)16-4-8-18(9-5-16)29-14-28-21(15-2-6-17(25)7-3-15)22(29)19-10-12-26-23-20(19)11-13-27-23/h2-3,6-7,10-14,16,18H,4-5,8-9H2,1H3,(H,26,27). The zero-order valence-corrected chi connectivity index (χ0v) is 17.2. The lowest BCUT2D eigenvalue weighted by Gasteiger charge is -2.29. The molecule has 0 spiro atoms. The number of hydrogen-bond donors (Lipinski definition) is 1. The minimum atomic E-state index is -0.275. The van der Waals surface area contributed by atoms with Crippen molar-refractivity contribution in [3.63, 3.8) is 0 Å². The minimum Gasteiger partial charge on any atom is -0.469 e. The highest BCUT2D eigenvalue weighted by molar-refractivity contribution is 5.95. The Kier molecular flexibility index (Phi) is 5.02. The Morgan fingerprint density at radius 3 is 2.61 bits per heavy atom. The van der Waals surface area contributed by atoms with Crippen molar-refractivity contribution in [2.75, 3.05) is 7.11 Å². The first kappa shape index (κ1) is 19.5. The van der Waals surface area contributed by atoms with Crippen LogP contribution in [0.2, 0.25) is 0 Å². The molecule has 1 saturated carbocycles. The smallest absolute Gasteiger partial charge is 0.308 e. The van der Waals surface area contributed by atoms with Crippen molar-refractivity contribution in [2.24, 2.45) is 5.92 Å². The number of H-pyrrole nitrogens is 1. The molecule has 0 amide bonds. The molecule has 158 valence electrons. The van der Waals surface area contributed by atoms with Gasteiger partial charge in [0.25, 0.3) is 0 Å². The molecule has 31 heavy (non-hydrogen) atoms. The molecule has 0 radical (unpaired) electrons. The van der Waals surface area contributed by atoms with Gasteiger partial charge in [-0.1, -0.05) is 0 Å². The third-order valence-corrected chi connectivity index (χ3v) is 6.25. The molecule has 1 N–H and O–H groups in total. The highest BCUT2D eigenvalue weighted by Gasteiger charge is 2.30. The predicted molar refractivity (Wildman–Crippen MR) is 116 cm³/mol. The maximum absolute atomic E-state index is 13.5. The van der Waals surface area contributed by atoms with Gasteiger partial charge in [-0.15, -0.1) is 0 Å². The van der Waals surface area contributed by atoms with Crippen LogP contribution in [0.4, 0.5) is 4.39 Å². The third kappa shape index (κ3) is 3.50. The van der Waals surface area contributed by atoms with Crippen molar-refractivity contribution in [1.29, 1.82) is 0 Å². The number of halogens is 1. The van der Waals surface area contributed by atoms with E-state index < -0.39 is 0 Å². The van der Waals surface area contributed by atoms with Gasteiger partial charge in [0.1, 0.15) is 11.5 Å². The number of hydrogen-bond acceptors (Lipinski definition) is 4. The first-order valence-corrected chi connectivity index (χ1v) is 10.5. The second-order valence-electron chi connectivity index (χ2n) is 7.98. The zero-order valence-electron chi connectivity index (χ0n) is 17.2. The van der Waals surface area contributed by atoms with Gasteiger partial charge >= 0.3 is 5.97 Å². The summed E-state index contributed by atoms with van der Waals surface area (Å²) >= 11 is 0. The number of ether oxygens (including phenoxy) is 1. The fourth-order valence-electron chi connectivity index (χ4n) is 4.65. The molecule has 4 aromatic rings. The van der Waals surface area contributed by atoms with Crippen LogP contribution < -0.4 is 0 Å². The fraction of sp³-hybridized carbons (Fsp3) is 0.292. The molecule has 1 aliphatic carbocycles. The van der Waals surface area contributed by atoms with E-state index >= 15 is 0 Å². The molecule has 1 aliphatic rings. The van der Waals surface area contributed by atoms with Crippen LogP contribution in [0.5, 0.6) is 0 Å². The number of nitrogens with zero attached hydrogens (tertiary/aromatic N) is 3. The van der Waals surface area contributed by atoms with Crippen LogP contribution >= 0.6 is 0 Å².